The second kappa shape index (κ2) is 28.8. The molecule has 0 spiro atoms. The van der Waals surface area contributed by atoms with Crippen molar-refractivity contribution < 1.29 is 60.9 Å². The van der Waals surface area contributed by atoms with Crippen LogP contribution >= 0.6 is 0 Å². The van der Waals surface area contributed by atoms with Crippen LogP contribution in [0.3, 0.4) is 0 Å². The van der Waals surface area contributed by atoms with E-state index < -0.39 is 54.7 Å². The van der Waals surface area contributed by atoms with Crippen LogP contribution in [0.25, 0.3) is 0 Å². The Bertz CT molecular complexity index is 932. The lowest BCUT2D eigenvalue weighted by molar-refractivity contribution is -0.450. The zero-order valence-electron chi connectivity index (χ0n) is 35.4. The molecule has 1 saturated heterocycles. The molecule has 1 N–H and O–H groups in total. The molecule has 1 heterocycles. The molecule has 2 fully saturated rings. The largest absolute Gasteiger partial charge is 0.446 e. The molecule has 10 atom stereocenters. The number of alkyl halides is 3. The van der Waals surface area contributed by atoms with E-state index >= 15 is 13.2 Å². The molecule has 13 heteroatoms. The third kappa shape index (κ3) is 16.5. The average molecular weight is 801 g/mol. The van der Waals surface area contributed by atoms with Gasteiger partial charge in [-0.2, -0.15) is 13.2 Å². The Morgan fingerprint density at radius 2 is 0.945 bits per heavy atom. The van der Waals surface area contributed by atoms with Crippen molar-refractivity contribution >= 4 is 0 Å². The number of ether oxygens (including phenoxy) is 9. The fourth-order valence-corrected chi connectivity index (χ4v) is 6.97. The predicted molar refractivity (Wildman–Crippen MR) is 207 cm³/mol. The molecule has 1 aliphatic carbocycles. The van der Waals surface area contributed by atoms with Crippen LogP contribution in [0.15, 0.2) is 0 Å². The molecule has 2 rings (SSSR count). The van der Waals surface area contributed by atoms with Crippen LogP contribution in [-0.4, -0.2) is 125 Å². The molecular weight excluding hydrogens is 721 g/mol. The molecule has 10 nitrogen and oxygen atoms in total. The summed E-state index contributed by atoms with van der Waals surface area (Å²) < 4.78 is 102. The van der Waals surface area contributed by atoms with Crippen molar-refractivity contribution in [1.29, 1.82) is 0 Å². The van der Waals surface area contributed by atoms with Gasteiger partial charge in [-0.1, -0.05) is 93.4 Å². The molecule has 0 radical (unpaired) electrons. The van der Waals surface area contributed by atoms with E-state index in [0.29, 0.717) is 71.7 Å². The summed E-state index contributed by atoms with van der Waals surface area (Å²) in [4.78, 5) is 0. The van der Waals surface area contributed by atoms with Gasteiger partial charge in [0.15, 0.2) is 0 Å². The first-order chi connectivity index (χ1) is 26.6. The predicted octanol–water partition coefficient (Wildman–Crippen LogP) is 8.97. The van der Waals surface area contributed by atoms with Gasteiger partial charge in [0.25, 0.3) is 5.79 Å². The van der Waals surface area contributed by atoms with Crippen molar-refractivity contribution in [3.8, 4) is 0 Å². The number of rotatable bonds is 32. The van der Waals surface area contributed by atoms with Crippen molar-refractivity contribution in [3.63, 3.8) is 0 Å². The molecular formula is C42H79F3O10. The fraction of sp³-hybridized carbons (Fsp3) is 1.00. The van der Waals surface area contributed by atoms with E-state index in [1.54, 1.807) is 0 Å². The minimum atomic E-state index is -5.19. The zero-order valence-corrected chi connectivity index (χ0v) is 35.4. The Kier molecular flexibility index (Phi) is 26.4. The summed E-state index contributed by atoms with van der Waals surface area (Å²) >= 11 is 0. The van der Waals surface area contributed by atoms with E-state index in [1.807, 2.05) is 20.8 Å². The van der Waals surface area contributed by atoms with Crippen molar-refractivity contribution in [2.24, 2.45) is 5.92 Å². The Hall–Kier alpha value is -0.610. The molecule has 0 aromatic rings. The number of halogens is 3. The average Bonchev–Trinajstić information content (AvgIpc) is 3.15. The molecule has 1 saturated carbocycles. The molecule has 0 amide bonds. The lowest BCUT2D eigenvalue weighted by atomic mass is 9.80. The molecule has 0 bridgehead atoms. The highest BCUT2D eigenvalue weighted by Gasteiger charge is 2.69. The van der Waals surface area contributed by atoms with Gasteiger partial charge in [-0.15, -0.1) is 0 Å². The highest BCUT2D eigenvalue weighted by atomic mass is 19.4. The van der Waals surface area contributed by atoms with Gasteiger partial charge in [-0.05, 0) is 51.4 Å². The molecule has 0 aromatic carbocycles. The normalized spacial score (nSPS) is 30.3. The third-order valence-electron chi connectivity index (χ3n) is 10.4. The summed E-state index contributed by atoms with van der Waals surface area (Å²) in [6.45, 7) is 17.1. The first-order valence-electron chi connectivity index (χ1n) is 21.9. The SMILES string of the molecule is CCCCOCC1CC(OC2C(COCCCC)OC(O)(C(F)(F)F)C(OCCCC)C2OCCCC)C(OCCCC)C(OCCCC)C1OCCCC. The quantitative estimate of drug-likeness (QED) is 0.0664. The maximum absolute atomic E-state index is 15.0. The zero-order chi connectivity index (χ0) is 40.5. The van der Waals surface area contributed by atoms with E-state index in [-0.39, 0.29) is 31.8 Å². The van der Waals surface area contributed by atoms with E-state index in [1.165, 1.54) is 0 Å². The maximum atomic E-state index is 15.0. The van der Waals surface area contributed by atoms with Gasteiger partial charge in [0, 0.05) is 52.2 Å². The van der Waals surface area contributed by atoms with Crippen LogP contribution in [0.4, 0.5) is 13.2 Å². The van der Waals surface area contributed by atoms with E-state index in [0.717, 1.165) is 64.2 Å². The maximum Gasteiger partial charge on any atom is 0.446 e. The third-order valence-corrected chi connectivity index (χ3v) is 10.4. The van der Waals surface area contributed by atoms with Crippen molar-refractivity contribution in [3.05, 3.63) is 0 Å². The van der Waals surface area contributed by atoms with Crippen LogP contribution in [0.5, 0.6) is 0 Å². The second-order valence-electron chi connectivity index (χ2n) is 15.2. The molecule has 55 heavy (non-hydrogen) atoms. The first-order valence-corrected chi connectivity index (χ1v) is 21.9. The van der Waals surface area contributed by atoms with E-state index in [9.17, 15) is 5.11 Å². The molecule has 2 aliphatic rings. The smallest absolute Gasteiger partial charge is 0.381 e. The monoisotopic (exact) mass is 801 g/mol. The number of hydrogen-bond acceptors (Lipinski definition) is 10. The molecule has 0 aromatic heterocycles. The van der Waals surface area contributed by atoms with Crippen LogP contribution in [0.1, 0.15) is 145 Å². The summed E-state index contributed by atoms with van der Waals surface area (Å²) in [5, 5.41) is 11.5. The summed E-state index contributed by atoms with van der Waals surface area (Å²) in [6, 6.07) is 0. The van der Waals surface area contributed by atoms with Crippen molar-refractivity contribution in [2.75, 3.05) is 59.5 Å². The molecule has 10 unspecified atom stereocenters. The highest BCUT2D eigenvalue weighted by Crippen LogP contribution is 2.45. The standard InChI is InChI=1S/C42H79F3O10/c1-8-15-22-47-30-32-29-33(36(50-25-18-11-4)38(51-26-19-12-5)35(32)49-24-17-10-3)54-37-34(31-48-23-16-9-2)55-41(46,42(43,44)45)40(53-28-21-14-7)39(37)52-27-20-13-6/h32-40,46H,8-31H2,1-7H3. The lowest BCUT2D eigenvalue weighted by Gasteiger charge is -2.53. The minimum Gasteiger partial charge on any atom is -0.381 e. The van der Waals surface area contributed by atoms with Gasteiger partial charge in [0.05, 0.1) is 25.4 Å². The summed E-state index contributed by atoms with van der Waals surface area (Å²) in [7, 11) is 0. The minimum absolute atomic E-state index is 0.0194. The van der Waals surface area contributed by atoms with Gasteiger partial charge >= 0.3 is 6.18 Å². The van der Waals surface area contributed by atoms with E-state index in [2.05, 4.69) is 27.7 Å². The van der Waals surface area contributed by atoms with Crippen LogP contribution in [0.2, 0.25) is 0 Å². The van der Waals surface area contributed by atoms with Crippen molar-refractivity contribution in [2.45, 2.75) is 206 Å². The van der Waals surface area contributed by atoms with E-state index in [4.69, 9.17) is 42.6 Å². The van der Waals surface area contributed by atoms with Crippen LogP contribution in [-0.2, 0) is 42.6 Å². The first kappa shape index (κ1) is 50.5. The molecule has 1 aliphatic heterocycles. The number of unbranched alkanes of at least 4 members (excludes halogenated alkanes) is 7. The van der Waals surface area contributed by atoms with Gasteiger partial charge < -0.3 is 47.7 Å². The Morgan fingerprint density at radius 1 is 0.527 bits per heavy atom. The molecule has 328 valence electrons. The van der Waals surface area contributed by atoms with Gasteiger partial charge in [0.2, 0.25) is 0 Å². The number of aliphatic hydroxyl groups is 1. The fourth-order valence-electron chi connectivity index (χ4n) is 6.97. The van der Waals surface area contributed by atoms with Gasteiger partial charge in [0.1, 0.15) is 36.6 Å². The summed E-state index contributed by atoms with van der Waals surface area (Å²) in [5.41, 5.74) is 0. The van der Waals surface area contributed by atoms with Crippen LogP contribution < -0.4 is 0 Å². The Balaban J connectivity index is 2.72. The Labute approximate surface area is 331 Å². The van der Waals surface area contributed by atoms with Crippen LogP contribution in [0, 0.1) is 5.92 Å². The highest BCUT2D eigenvalue weighted by molar-refractivity contribution is 5.04. The topological polar surface area (TPSA) is 103 Å². The van der Waals surface area contributed by atoms with Gasteiger partial charge in [-0.25, -0.2) is 0 Å². The van der Waals surface area contributed by atoms with Gasteiger partial charge in [-0.3, -0.25) is 0 Å². The summed E-state index contributed by atoms with van der Waals surface area (Å²) in [6.07, 6.45) is -1.18. The lowest BCUT2D eigenvalue weighted by Crippen LogP contribution is -2.73. The summed E-state index contributed by atoms with van der Waals surface area (Å²) in [5.74, 6) is -3.80. The van der Waals surface area contributed by atoms with Crippen molar-refractivity contribution in [1.82, 2.24) is 0 Å². The Morgan fingerprint density at radius 3 is 1.44 bits per heavy atom. The second-order valence-corrected chi connectivity index (χ2v) is 15.2. The number of hydrogen-bond donors (Lipinski definition) is 1.